The molecule has 28 heavy (non-hydrogen) atoms. The number of ether oxygens (including phenoxy) is 1. The lowest BCUT2D eigenvalue weighted by atomic mass is 9.97. The Morgan fingerprint density at radius 2 is 1.68 bits per heavy atom. The van der Waals surface area contributed by atoms with Crippen LogP contribution in [0.2, 0.25) is 0 Å². The van der Waals surface area contributed by atoms with Gasteiger partial charge >= 0.3 is 5.97 Å². The Bertz CT molecular complexity index is 1020. The van der Waals surface area contributed by atoms with Crippen LogP contribution in [-0.4, -0.2) is 23.5 Å². The van der Waals surface area contributed by atoms with E-state index in [1.807, 2.05) is 42.5 Å². The van der Waals surface area contributed by atoms with E-state index in [1.54, 1.807) is 12.1 Å². The van der Waals surface area contributed by atoms with Crippen molar-refractivity contribution in [3.05, 3.63) is 71.4 Å². The van der Waals surface area contributed by atoms with Crippen molar-refractivity contribution < 1.29 is 14.3 Å². The second-order valence-electron chi connectivity index (χ2n) is 6.98. The van der Waals surface area contributed by atoms with E-state index >= 15 is 0 Å². The highest BCUT2D eigenvalue weighted by Crippen LogP contribution is 2.29. The van der Waals surface area contributed by atoms with E-state index in [4.69, 9.17) is 9.72 Å². The molecule has 1 aromatic heterocycles. The standard InChI is InChI=1S/C23H22N2O3/c26-21(24-16-9-3-1-4-10-16)15-28-23(27)22-17-11-5-2-6-13-19(17)25-20-14-8-7-12-18(20)22/h1,3-4,7-10,12,14H,2,5-6,11,13,15H2,(H,24,26). The second-order valence-corrected chi connectivity index (χ2v) is 6.98. The number of pyridine rings is 1. The number of aromatic nitrogens is 1. The van der Waals surface area contributed by atoms with Crippen LogP contribution < -0.4 is 5.32 Å². The summed E-state index contributed by atoms with van der Waals surface area (Å²) in [6.45, 7) is -0.320. The molecule has 1 aliphatic carbocycles. The van der Waals surface area contributed by atoms with Crippen molar-refractivity contribution in [2.75, 3.05) is 11.9 Å². The summed E-state index contributed by atoms with van der Waals surface area (Å²) in [5, 5.41) is 3.52. The highest BCUT2D eigenvalue weighted by atomic mass is 16.5. The maximum Gasteiger partial charge on any atom is 0.339 e. The lowest BCUT2D eigenvalue weighted by Crippen LogP contribution is -2.22. The van der Waals surface area contributed by atoms with Gasteiger partial charge in [-0.1, -0.05) is 42.8 Å². The summed E-state index contributed by atoms with van der Waals surface area (Å²) in [5.74, 6) is -0.816. The molecule has 0 aliphatic heterocycles. The Kier molecular flexibility index (Phi) is 5.33. The summed E-state index contributed by atoms with van der Waals surface area (Å²) in [6.07, 6.45) is 4.91. The number of aryl methyl sites for hydroxylation is 1. The molecule has 0 fully saturated rings. The van der Waals surface area contributed by atoms with Crippen molar-refractivity contribution in [3.8, 4) is 0 Å². The molecule has 0 spiro atoms. The molecule has 2 aromatic carbocycles. The van der Waals surface area contributed by atoms with E-state index < -0.39 is 5.97 Å². The zero-order valence-electron chi connectivity index (χ0n) is 15.6. The van der Waals surface area contributed by atoms with Crippen LogP contribution >= 0.6 is 0 Å². The maximum absolute atomic E-state index is 13.0. The van der Waals surface area contributed by atoms with E-state index in [0.717, 1.165) is 54.3 Å². The number of rotatable bonds is 4. The Balaban J connectivity index is 1.58. The molecule has 0 radical (unpaired) electrons. The molecule has 3 aromatic rings. The maximum atomic E-state index is 13.0. The Morgan fingerprint density at radius 1 is 0.929 bits per heavy atom. The van der Waals surface area contributed by atoms with Crippen LogP contribution in [0.5, 0.6) is 0 Å². The minimum Gasteiger partial charge on any atom is -0.452 e. The van der Waals surface area contributed by atoms with E-state index in [1.165, 1.54) is 0 Å². The largest absolute Gasteiger partial charge is 0.452 e. The number of hydrogen-bond donors (Lipinski definition) is 1. The molecule has 1 amide bonds. The molecule has 142 valence electrons. The van der Waals surface area contributed by atoms with Gasteiger partial charge in [0.25, 0.3) is 5.91 Å². The number of anilines is 1. The summed E-state index contributed by atoms with van der Waals surface area (Å²) in [6, 6.07) is 16.7. The zero-order valence-corrected chi connectivity index (χ0v) is 15.6. The van der Waals surface area contributed by atoms with Crippen molar-refractivity contribution in [2.24, 2.45) is 0 Å². The molecule has 4 rings (SSSR count). The number of hydrogen-bond acceptors (Lipinski definition) is 4. The molecule has 0 atom stereocenters. The fraction of sp³-hybridized carbons (Fsp3) is 0.261. The molecule has 1 heterocycles. The first-order valence-electron chi connectivity index (χ1n) is 9.65. The van der Waals surface area contributed by atoms with Gasteiger partial charge in [0, 0.05) is 16.8 Å². The molecule has 0 saturated heterocycles. The Hall–Kier alpha value is -3.21. The fourth-order valence-electron chi connectivity index (χ4n) is 3.70. The first-order chi connectivity index (χ1) is 13.7. The van der Waals surface area contributed by atoms with Crippen molar-refractivity contribution in [1.29, 1.82) is 0 Å². The summed E-state index contributed by atoms with van der Waals surface area (Å²) >= 11 is 0. The van der Waals surface area contributed by atoms with E-state index in [0.29, 0.717) is 11.3 Å². The summed E-state index contributed by atoms with van der Waals surface area (Å²) in [7, 11) is 0. The molecule has 1 aliphatic rings. The number of esters is 1. The number of benzene rings is 2. The van der Waals surface area contributed by atoms with Crippen molar-refractivity contribution in [3.63, 3.8) is 0 Å². The molecule has 0 saturated carbocycles. The van der Waals surface area contributed by atoms with Gasteiger partial charge < -0.3 is 10.1 Å². The van der Waals surface area contributed by atoms with E-state index in [9.17, 15) is 9.59 Å². The van der Waals surface area contributed by atoms with E-state index in [-0.39, 0.29) is 12.5 Å². The van der Waals surface area contributed by atoms with E-state index in [2.05, 4.69) is 5.32 Å². The highest BCUT2D eigenvalue weighted by Gasteiger charge is 2.23. The van der Waals surface area contributed by atoms with Gasteiger partial charge in [-0.3, -0.25) is 9.78 Å². The number of carbonyl (C=O) groups excluding carboxylic acids is 2. The number of amides is 1. The monoisotopic (exact) mass is 374 g/mol. The van der Waals surface area contributed by atoms with Gasteiger partial charge in [-0.05, 0) is 49.4 Å². The molecule has 0 bridgehead atoms. The van der Waals surface area contributed by atoms with Gasteiger partial charge in [-0.2, -0.15) is 0 Å². The third-order valence-electron chi connectivity index (χ3n) is 5.02. The molecular formula is C23H22N2O3. The second kappa shape index (κ2) is 8.21. The zero-order chi connectivity index (χ0) is 19.3. The highest BCUT2D eigenvalue weighted by molar-refractivity contribution is 6.06. The minimum atomic E-state index is -0.458. The quantitative estimate of drug-likeness (QED) is 0.546. The van der Waals surface area contributed by atoms with Crippen molar-refractivity contribution in [2.45, 2.75) is 32.1 Å². The minimum absolute atomic E-state index is 0.320. The van der Waals surface area contributed by atoms with Crippen LogP contribution in [0, 0.1) is 0 Å². The predicted octanol–water partition coefficient (Wildman–Crippen LogP) is 4.30. The first kappa shape index (κ1) is 18.2. The van der Waals surface area contributed by atoms with Crippen LogP contribution in [0.3, 0.4) is 0 Å². The molecule has 5 heteroatoms. The van der Waals surface area contributed by atoms with Gasteiger partial charge in [-0.25, -0.2) is 4.79 Å². The number of carbonyl (C=O) groups is 2. The van der Waals surface area contributed by atoms with Crippen molar-refractivity contribution in [1.82, 2.24) is 4.98 Å². The number of fused-ring (bicyclic) bond motifs is 2. The number of para-hydroxylation sites is 2. The average molecular weight is 374 g/mol. The predicted molar refractivity (Wildman–Crippen MR) is 108 cm³/mol. The van der Waals surface area contributed by atoms with Gasteiger partial charge in [-0.15, -0.1) is 0 Å². The van der Waals surface area contributed by atoms with Gasteiger partial charge in [0.15, 0.2) is 6.61 Å². The van der Waals surface area contributed by atoms with Gasteiger partial charge in [0.2, 0.25) is 0 Å². The van der Waals surface area contributed by atoms with Crippen LogP contribution in [0.4, 0.5) is 5.69 Å². The SMILES string of the molecule is O=C(COC(=O)c1c2c(nc3ccccc13)CCCCC2)Nc1ccccc1. The average Bonchev–Trinajstić information content (AvgIpc) is 2.96. The molecular weight excluding hydrogens is 352 g/mol. The Morgan fingerprint density at radius 3 is 2.54 bits per heavy atom. The van der Waals surface area contributed by atoms with Crippen LogP contribution in [0.1, 0.15) is 40.9 Å². The summed E-state index contributed by atoms with van der Waals surface area (Å²) in [4.78, 5) is 29.9. The fourth-order valence-corrected chi connectivity index (χ4v) is 3.70. The molecule has 5 nitrogen and oxygen atoms in total. The van der Waals surface area contributed by atoms with Crippen molar-refractivity contribution >= 4 is 28.5 Å². The van der Waals surface area contributed by atoms with Crippen LogP contribution in [0.25, 0.3) is 10.9 Å². The van der Waals surface area contributed by atoms with Gasteiger partial charge in [0.1, 0.15) is 0 Å². The lowest BCUT2D eigenvalue weighted by Gasteiger charge is -2.15. The van der Waals surface area contributed by atoms with Crippen LogP contribution in [0.15, 0.2) is 54.6 Å². The lowest BCUT2D eigenvalue weighted by molar-refractivity contribution is -0.119. The first-order valence-corrected chi connectivity index (χ1v) is 9.65. The van der Waals surface area contributed by atoms with Crippen LogP contribution in [-0.2, 0) is 22.4 Å². The molecule has 1 N–H and O–H groups in total. The summed E-state index contributed by atoms with van der Waals surface area (Å²) < 4.78 is 5.40. The Labute approximate surface area is 163 Å². The normalized spacial score (nSPS) is 13.4. The molecule has 0 unspecified atom stereocenters. The van der Waals surface area contributed by atoms with Gasteiger partial charge in [0.05, 0.1) is 11.1 Å². The third-order valence-corrected chi connectivity index (χ3v) is 5.02. The number of nitrogens with zero attached hydrogens (tertiary/aromatic N) is 1. The number of nitrogens with one attached hydrogen (secondary N) is 1. The summed E-state index contributed by atoms with van der Waals surface area (Å²) in [5.41, 5.74) is 3.99. The third kappa shape index (κ3) is 3.88. The topological polar surface area (TPSA) is 68.3 Å². The smallest absolute Gasteiger partial charge is 0.339 e.